The Morgan fingerprint density at radius 3 is 2.50 bits per heavy atom. The molecule has 0 unspecified atom stereocenters. The van der Waals surface area contributed by atoms with E-state index in [0.717, 1.165) is 38.0 Å². The van der Waals surface area contributed by atoms with E-state index < -0.39 is 0 Å². The van der Waals surface area contributed by atoms with Gasteiger partial charge in [-0.1, -0.05) is 13.0 Å². The summed E-state index contributed by atoms with van der Waals surface area (Å²) in [6.07, 6.45) is 2.25. The van der Waals surface area contributed by atoms with Gasteiger partial charge < -0.3 is 10.6 Å². The third kappa shape index (κ3) is 4.22. The lowest BCUT2D eigenvalue weighted by Crippen LogP contribution is -2.42. The molecule has 0 aromatic heterocycles. The number of rotatable bonds is 3. The second-order valence-corrected chi connectivity index (χ2v) is 6.04. The first-order valence-electron chi connectivity index (χ1n) is 7.06. The molecule has 0 aliphatic carbocycles. The van der Waals surface area contributed by atoms with Crippen molar-refractivity contribution < 1.29 is 4.79 Å². The predicted molar refractivity (Wildman–Crippen MR) is 85.7 cm³/mol. The molecule has 112 valence electrons. The topological polar surface area (TPSA) is 41.1 Å². The minimum atomic E-state index is 0. The first-order chi connectivity index (χ1) is 9.00. The van der Waals surface area contributed by atoms with E-state index >= 15 is 0 Å². The van der Waals surface area contributed by atoms with E-state index in [1.807, 2.05) is 25.1 Å². The fraction of sp³-hybridized carbons (Fsp3) is 0.562. The Labute approximate surface area is 127 Å². The van der Waals surface area contributed by atoms with Crippen molar-refractivity contribution in [1.29, 1.82) is 0 Å². The first-order valence-corrected chi connectivity index (χ1v) is 7.06. The highest BCUT2D eigenvalue weighted by atomic mass is 35.5. The summed E-state index contributed by atoms with van der Waals surface area (Å²) in [5, 5.41) is 6.45. The summed E-state index contributed by atoms with van der Waals surface area (Å²) in [7, 11) is 0. The van der Waals surface area contributed by atoms with E-state index in [1.165, 1.54) is 11.1 Å². The number of hydrogen-bond acceptors (Lipinski definition) is 2. The largest absolute Gasteiger partial charge is 0.351 e. The van der Waals surface area contributed by atoms with Crippen LogP contribution in [0.3, 0.4) is 0 Å². The molecule has 4 heteroatoms. The molecular weight excluding hydrogens is 272 g/mol. The van der Waals surface area contributed by atoms with Gasteiger partial charge in [0.2, 0.25) is 0 Å². The number of benzene rings is 1. The molecule has 0 spiro atoms. The molecule has 1 aromatic rings. The van der Waals surface area contributed by atoms with Crippen LogP contribution in [0.25, 0.3) is 0 Å². The van der Waals surface area contributed by atoms with Crippen LogP contribution >= 0.6 is 12.4 Å². The molecule has 1 aliphatic heterocycles. The maximum absolute atomic E-state index is 12.2. The van der Waals surface area contributed by atoms with Crippen molar-refractivity contribution in [2.75, 3.05) is 19.6 Å². The van der Waals surface area contributed by atoms with Gasteiger partial charge in [-0.05, 0) is 68.5 Å². The fourth-order valence-electron chi connectivity index (χ4n) is 2.49. The summed E-state index contributed by atoms with van der Waals surface area (Å²) in [4.78, 5) is 12.2. The Morgan fingerprint density at radius 1 is 1.25 bits per heavy atom. The van der Waals surface area contributed by atoms with Crippen molar-refractivity contribution in [2.45, 2.75) is 33.6 Å². The molecular formula is C16H25ClN2O. The quantitative estimate of drug-likeness (QED) is 0.900. The third-order valence-electron chi connectivity index (χ3n) is 4.26. The second-order valence-electron chi connectivity index (χ2n) is 6.04. The van der Waals surface area contributed by atoms with Crippen molar-refractivity contribution in [3.05, 3.63) is 34.9 Å². The summed E-state index contributed by atoms with van der Waals surface area (Å²) in [6.45, 7) is 9.23. The second kappa shape index (κ2) is 7.09. The van der Waals surface area contributed by atoms with E-state index in [9.17, 15) is 4.79 Å². The molecule has 1 saturated heterocycles. The average Bonchev–Trinajstić information content (AvgIpc) is 2.40. The molecule has 0 radical (unpaired) electrons. The molecule has 1 amide bonds. The highest BCUT2D eigenvalue weighted by Gasteiger charge is 2.27. The zero-order valence-corrected chi connectivity index (χ0v) is 13.4. The van der Waals surface area contributed by atoms with Gasteiger partial charge in [0.1, 0.15) is 0 Å². The first kappa shape index (κ1) is 17.0. The van der Waals surface area contributed by atoms with E-state index in [1.54, 1.807) is 0 Å². The van der Waals surface area contributed by atoms with Gasteiger partial charge in [-0.15, -0.1) is 12.4 Å². The van der Waals surface area contributed by atoms with Gasteiger partial charge in [-0.25, -0.2) is 0 Å². The van der Waals surface area contributed by atoms with E-state index in [0.29, 0.717) is 0 Å². The Balaban J connectivity index is 0.00000200. The summed E-state index contributed by atoms with van der Waals surface area (Å²) in [5.74, 6) is 0.0443. The standard InChI is InChI=1S/C16H24N2O.ClH/c1-12-4-5-14(10-13(12)2)15(19)18-11-16(3)6-8-17-9-7-16;/h4-5,10,17H,6-9,11H2,1-3H3,(H,18,19);1H. The molecule has 1 fully saturated rings. The van der Waals surface area contributed by atoms with Crippen molar-refractivity contribution in [3.8, 4) is 0 Å². The molecule has 3 nitrogen and oxygen atoms in total. The van der Waals surface area contributed by atoms with Crippen LogP contribution in [0, 0.1) is 19.3 Å². The molecule has 1 heterocycles. The van der Waals surface area contributed by atoms with Crippen LogP contribution in [-0.2, 0) is 0 Å². The van der Waals surface area contributed by atoms with Gasteiger partial charge >= 0.3 is 0 Å². The molecule has 2 N–H and O–H groups in total. The number of piperidine rings is 1. The number of aryl methyl sites for hydroxylation is 2. The van der Waals surface area contributed by atoms with E-state index in [4.69, 9.17) is 0 Å². The van der Waals surface area contributed by atoms with Gasteiger partial charge in [0.05, 0.1) is 0 Å². The van der Waals surface area contributed by atoms with E-state index in [2.05, 4.69) is 24.5 Å². The van der Waals surface area contributed by atoms with Crippen LogP contribution in [-0.4, -0.2) is 25.5 Å². The maximum Gasteiger partial charge on any atom is 0.251 e. The summed E-state index contributed by atoms with van der Waals surface area (Å²) in [5.41, 5.74) is 3.39. The lowest BCUT2D eigenvalue weighted by atomic mass is 9.81. The predicted octanol–water partition coefficient (Wildman–Crippen LogP) is 2.84. The number of halogens is 1. The lowest BCUT2D eigenvalue weighted by Gasteiger charge is -2.34. The number of nitrogens with one attached hydrogen (secondary N) is 2. The van der Waals surface area contributed by atoms with Gasteiger partial charge in [0, 0.05) is 12.1 Å². The van der Waals surface area contributed by atoms with E-state index in [-0.39, 0.29) is 23.7 Å². The van der Waals surface area contributed by atoms with Crippen LogP contribution in [0.15, 0.2) is 18.2 Å². The molecule has 20 heavy (non-hydrogen) atoms. The number of amides is 1. The van der Waals surface area contributed by atoms with Gasteiger partial charge in [-0.3, -0.25) is 4.79 Å². The molecule has 0 atom stereocenters. The third-order valence-corrected chi connectivity index (χ3v) is 4.26. The monoisotopic (exact) mass is 296 g/mol. The van der Waals surface area contributed by atoms with Crippen molar-refractivity contribution in [1.82, 2.24) is 10.6 Å². The Hall–Kier alpha value is -1.06. The normalized spacial score (nSPS) is 17.1. The fourth-order valence-corrected chi connectivity index (χ4v) is 2.49. The number of carbonyl (C=O) groups excluding carboxylic acids is 1. The minimum absolute atomic E-state index is 0. The van der Waals surface area contributed by atoms with Crippen LogP contribution in [0.1, 0.15) is 41.3 Å². The average molecular weight is 297 g/mol. The highest BCUT2D eigenvalue weighted by molar-refractivity contribution is 5.94. The molecule has 1 aliphatic rings. The molecule has 1 aromatic carbocycles. The SMILES string of the molecule is Cc1ccc(C(=O)NCC2(C)CCNCC2)cc1C.Cl. The molecule has 0 bridgehead atoms. The summed E-state index contributed by atoms with van der Waals surface area (Å²) < 4.78 is 0. The molecule has 2 rings (SSSR count). The van der Waals surface area contributed by atoms with Crippen LogP contribution in [0.5, 0.6) is 0 Å². The molecule has 0 saturated carbocycles. The smallest absolute Gasteiger partial charge is 0.251 e. The van der Waals surface area contributed by atoms with Crippen molar-refractivity contribution >= 4 is 18.3 Å². The number of hydrogen-bond donors (Lipinski definition) is 2. The lowest BCUT2D eigenvalue weighted by molar-refractivity contribution is 0.0922. The zero-order valence-electron chi connectivity index (χ0n) is 12.6. The van der Waals surface area contributed by atoms with Gasteiger partial charge in [0.15, 0.2) is 0 Å². The zero-order chi connectivity index (χ0) is 13.9. The Kier molecular flexibility index (Phi) is 6.03. The highest BCUT2D eigenvalue weighted by Crippen LogP contribution is 2.26. The van der Waals surface area contributed by atoms with Crippen LogP contribution in [0.4, 0.5) is 0 Å². The van der Waals surface area contributed by atoms with Gasteiger partial charge in [-0.2, -0.15) is 0 Å². The Morgan fingerprint density at radius 2 is 1.90 bits per heavy atom. The number of carbonyl (C=O) groups is 1. The summed E-state index contributed by atoms with van der Waals surface area (Å²) >= 11 is 0. The van der Waals surface area contributed by atoms with Crippen molar-refractivity contribution in [2.24, 2.45) is 5.41 Å². The maximum atomic E-state index is 12.2. The van der Waals surface area contributed by atoms with Crippen LogP contribution in [0.2, 0.25) is 0 Å². The minimum Gasteiger partial charge on any atom is -0.351 e. The summed E-state index contributed by atoms with van der Waals surface area (Å²) in [6, 6.07) is 5.88. The van der Waals surface area contributed by atoms with Crippen molar-refractivity contribution in [3.63, 3.8) is 0 Å². The van der Waals surface area contributed by atoms with Crippen LogP contribution < -0.4 is 10.6 Å². The Bertz CT molecular complexity index is 468. The van der Waals surface area contributed by atoms with Gasteiger partial charge in [0.25, 0.3) is 5.91 Å².